The number of rotatable bonds is 5. The Kier molecular flexibility index (Phi) is 5.26. The van der Waals surface area contributed by atoms with Crippen LogP contribution in [0, 0.1) is 0 Å². The van der Waals surface area contributed by atoms with E-state index >= 15 is 0 Å². The van der Waals surface area contributed by atoms with Crippen molar-refractivity contribution in [3.8, 4) is 5.75 Å². The van der Waals surface area contributed by atoms with E-state index in [-0.39, 0.29) is 18.0 Å². The van der Waals surface area contributed by atoms with Crippen LogP contribution in [0.5, 0.6) is 5.75 Å². The second-order valence-corrected chi connectivity index (χ2v) is 7.99. The molecule has 3 aromatic carbocycles. The molecule has 1 aliphatic rings. The zero-order valence-electron chi connectivity index (χ0n) is 16.1. The van der Waals surface area contributed by atoms with Crippen LogP contribution in [0.15, 0.2) is 77.3 Å². The van der Waals surface area contributed by atoms with Gasteiger partial charge in [0.2, 0.25) is 5.91 Å². The zero-order chi connectivity index (χ0) is 21.3. The number of amides is 1. The molecule has 3 aromatic rings. The second-order valence-electron chi connectivity index (χ2n) is 7.07. The highest BCUT2D eigenvalue weighted by Gasteiger charge is 2.55. The van der Waals surface area contributed by atoms with E-state index in [0.717, 1.165) is 4.47 Å². The van der Waals surface area contributed by atoms with Crippen molar-refractivity contribution >= 4 is 39.1 Å². The van der Waals surface area contributed by atoms with Gasteiger partial charge in [-0.05, 0) is 42.0 Å². The molecule has 0 saturated carbocycles. The molecular formula is C24H18BrNO4. The molecule has 0 spiro atoms. The summed E-state index contributed by atoms with van der Waals surface area (Å²) in [4.78, 5) is 39.9. The molecule has 5 nitrogen and oxygen atoms in total. The highest BCUT2D eigenvalue weighted by Crippen LogP contribution is 2.43. The third-order valence-electron chi connectivity index (χ3n) is 5.33. The summed E-state index contributed by atoms with van der Waals surface area (Å²) < 4.78 is 6.08. The number of hydrogen-bond donors (Lipinski definition) is 1. The molecule has 4 rings (SSSR count). The molecule has 1 N–H and O–H groups in total. The van der Waals surface area contributed by atoms with Crippen molar-refractivity contribution in [2.45, 2.75) is 11.8 Å². The zero-order valence-corrected chi connectivity index (χ0v) is 17.7. The summed E-state index contributed by atoms with van der Waals surface area (Å²) in [5.41, 5.74) is 0.142. The summed E-state index contributed by atoms with van der Waals surface area (Å²) in [6.45, 7) is 0. The van der Waals surface area contributed by atoms with Crippen LogP contribution in [0.2, 0.25) is 0 Å². The maximum Gasteiger partial charge on any atom is 0.226 e. The number of carbonyl (C=O) groups is 3. The number of benzene rings is 3. The summed E-state index contributed by atoms with van der Waals surface area (Å²) in [6.07, 6.45) is -0.290. The number of methoxy groups -OCH3 is 1. The lowest BCUT2D eigenvalue weighted by molar-refractivity contribution is -0.116. The van der Waals surface area contributed by atoms with Gasteiger partial charge in [-0.1, -0.05) is 52.3 Å². The van der Waals surface area contributed by atoms with Crippen molar-refractivity contribution in [2.24, 2.45) is 0 Å². The van der Waals surface area contributed by atoms with E-state index in [4.69, 9.17) is 4.74 Å². The third-order valence-corrected chi connectivity index (χ3v) is 5.86. The second kappa shape index (κ2) is 7.88. The van der Waals surface area contributed by atoms with Gasteiger partial charge in [0, 0.05) is 21.3 Å². The van der Waals surface area contributed by atoms with Crippen molar-refractivity contribution in [3.05, 3.63) is 94.0 Å². The van der Waals surface area contributed by atoms with Crippen molar-refractivity contribution in [2.75, 3.05) is 12.4 Å². The number of fused-ring (bicyclic) bond motifs is 1. The summed E-state index contributed by atoms with van der Waals surface area (Å²) in [6, 6.07) is 20.5. The number of halogens is 1. The standard InChI is InChI=1S/C24H18BrNO4/c1-30-18-12-6-15(7-13-18)24(14-21(27)26-17-10-8-16(25)9-11-17)22(28)19-4-2-3-5-20(19)23(24)29/h2-13H,14H2,1H3,(H,26,27). The first-order chi connectivity index (χ1) is 14.5. The molecule has 0 unspecified atom stereocenters. The molecule has 0 aliphatic heterocycles. The predicted molar refractivity (Wildman–Crippen MR) is 117 cm³/mol. The minimum Gasteiger partial charge on any atom is -0.497 e. The number of ether oxygens (including phenoxy) is 1. The molecule has 0 aromatic heterocycles. The van der Waals surface area contributed by atoms with Gasteiger partial charge in [0.25, 0.3) is 0 Å². The van der Waals surface area contributed by atoms with Crippen LogP contribution >= 0.6 is 15.9 Å². The smallest absolute Gasteiger partial charge is 0.226 e. The first-order valence-corrected chi connectivity index (χ1v) is 10.1. The van der Waals surface area contributed by atoms with Gasteiger partial charge in [0.05, 0.1) is 13.5 Å². The van der Waals surface area contributed by atoms with Gasteiger partial charge >= 0.3 is 0 Å². The van der Waals surface area contributed by atoms with Gasteiger partial charge in [-0.2, -0.15) is 0 Å². The predicted octanol–water partition coefficient (Wildman–Crippen LogP) is 4.80. The lowest BCUT2D eigenvalue weighted by Gasteiger charge is -2.26. The Morgan fingerprint density at radius 2 is 1.47 bits per heavy atom. The van der Waals surface area contributed by atoms with Gasteiger partial charge in [0.15, 0.2) is 11.6 Å². The van der Waals surface area contributed by atoms with Crippen molar-refractivity contribution in [3.63, 3.8) is 0 Å². The van der Waals surface area contributed by atoms with E-state index < -0.39 is 11.3 Å². The quantitative estimate of drug-likeness (QED) is 0.551. The molecule has 0 atom stereocenters. The fourth-order valence-corrected chi connectivity index (χ4v) is 4.09. The molecule has 0 radical (unpaired) electrons. The number of carbonyl (C=O) groups excluding carboxylic acids is 3. The van der Waals surface area contributed by atoms with E-state index in [2.05, 4.69) is 21.2 Å². The molecule has 30 heavy (non-hydrogen) atoms. The van der Waals surface area contributed by atoms with Gasteiger partial charge in [-0.25, -0.2) is 0 Å². The largest absolute Gasteiger partial charge is 0.497 e. The van der Waals surface area contributed by atoms with Crippen LogP contribution in [0.25, 0.3) is 0 Å². The number of Topliss-reactive ketones (excluding diaryl/α,β-unsaturated/α-hetero) is 2. The van der Waals surface area contributed by atoms with Crippen LogP contribution in [-0.4, -0.2) is 24.6 Å². The molecule has 150 valence electrons. The summed E-state index contributed by atoms with van der Waals surface area (Å²) in [5, 5.41) is 2.79. The number of ketones is 2. The normalized spacial score (nSPS) is 14.3. The first-order valence-electron chi connectivity index (χ1n) is 9.34. The topological polar surface area (TPSA) is 72.5 Å². The highest BCUT2D eigenvalue weighted by atomic mass is 79.9. The molecule has 1 aliphatic carbocycles. The van der Waals surface area contributed by atoms with Gasteiger partial charge in [-0.3, -0.25) is 14.4 Å². The Hall–Kier alpha value is -3.25. The van der Waals surface area contributed by atoms with E-state index in [9.17, 15) is 14.4 Å². The third kappa shape index (κ3) is 3.33. The Morgan fingerprint density at radius 1 is 0.900 bits per heavy atom. The molecule has 0 saturated heterocycles. The average Bonchev–Trinajstić information content (AvgIpc) is 2.98. The van der Waals surface area contributed by atoms with E-state index in [1.54, 1.807) is 72.8 Å². The Bertz CT molecular complexity index is 1100. The Morgan fingerprint density at radius 3 is 2.00 bits per heavy atom. The Labute approximate surface area is 182 Å². The summed E-state index contributed by atoms with van der Waals surface area (Å²) in [5.74, 6) is -0.537. The molecule has 0 bridgehead atoms. The van der Waals surface area contributed by atoms with Crippen LogP contribution in [-0.2, 0) is 10.2 Å². The average molecular weight is 464 g/mol. The maximum atomic E-state index is 13.5. The van der Waals surface area contributed by atoms with E-state index in [1.807, 2.05) is 0 Å². The van der Waals surface area contributed by atoms with Crippen LogP contribution in [0.1, 0.15) is 32.7 Å². The van der Waals surface area contributed by atoms with Crippen molar-refractivity contribution in [1.29, 1.82) is 0 Å². The molecule has 1 amide bonds. The minimum absolute atomic E-state index is 0.290. The van der Waals surface area contributed by atoms with Gasteiger partial charge in [-0.15, -0.1) is 0 Å². The first kappa shape index (κ1) is 20.0. The SMILES string of the molecule is COc1ccc(C2(CC(=O)Nc3ccc(Br)cc3)C(=O)c3ccccc3C2=O)cc1. The van der Waals surface area contributed by atoms with Gasteiger partial charge in [0.1, 0.15) is 11.2 Å². The molecule has 0 fully saturated rings. The van der Waals surface area contributed by atoms with Crippen LogP contribution in [0.3, 0.4) is 0 Å². The lowest BCUT2D eigenvalue weighted by Crippen LogP contribution is -2.41. The molecular weight excluding hydrogens is 446 g/mol. The minimum atomic E-state index is -1.60. The fourth-order valence-electron chi connectivity index (χ4n) is 3.82. The molecule has 6 heteroatoms. The van der Waals surface area contributed by atoms with Crippen LogP contribution in [0.4, 0.5) is 5.69 Å². The Balaban J connectivity index is 1.75. The van der Waals surface area contributed by atoms with E-state index in [0.29, 0.717) is 28.1 Å². The lowest BCUT2D eigenvalue weighted by atomic mass is 9.73. The van der Waals surface area contributed by atoms with Crippen molar-refractivity contribution < 1.29 is 19.1 Å². The van der Waals surface area contributed by atoms with Gasteiger partial charge < -0.3 is 10.1 Å². The number of anilines is 1. The number of hydrogen-bond acceptors (Lipinski definition) is 4. The maximum absolute atomic E-state index is 13.5. The fraction of sp³-hybridized carbons (Fsp3) is 0.125. The molecule has 0 heterocycles. The summed E-state index contributed by atoms with van der Waals surface area (Å²) in [7, 11) is 1.54. The van der Waals surface area contributed by atoms with Crippen LogP contribution < -0.4 is 10.1 Å². The summed E-state index contributed by atoms with van der Waals surface area (Å²) >= 11 is 3.35. The van der Waals surface area contributed by atoms with Crippen molar-refractivity contribution in [1.82, 2.24) is 0 Å². The monoisotopic (exact) mass is 463 g/mol. The highest BCUT2D eigenvalue weighted by molar-refractivity contribution is 9.10. The van der Waals surface area contributed by atoms with E-state index in [1.165, 1.54) is 7.11 Å². The number of nitrogens with one attached hydrogen (secondary N) is 1.